The SMILES string of the molecule is C(=C1c2ccccc2CC1c1ccccc1)c1cncn1Cc1ccccc1. The zero-order valence-electron chi connectivity index (χ0n) is 15.7. The number of nitrogens with zero attached hydrogens (tertiary/aromatic N) is 2. The summed E-state index contributed by atoms with van der Waals surface area (Å²) in [5.41, 5.74) is 7.99. The minimum Gasteiger partial charge on any atom is -0.327 e. The zero-order valence-corrected chi connectivity index (χ0v) is 15.7. The minimum atomic E-state index is 0.388. The molecule has 2 heteroatoms. The van der Waals surface area contributed by atoms with E-state index in [0.29, 0.717) is 5.92 Å². The highest BCUT2D eigenvalue weighted by Crippen LogP contribution is 2.44. The van der Waals surface area contributed by atoms with Crippen molar-refractivity contribution in [2.75, 3.05) is 0 Å². The van der Waals surface area contributed by atoms with Gasteiger partial charge in [-0.3, -0.25) is 0 Å². The molecule has 1 aliphatic carbocycles. The van der Waals surface area contributed by atoms with E-state index in [1.165, 1.54) is 27.8 Å². The number of hydrogen-bond donors (Lipinski definition) is 0. The van der Waals surface area contributed by atoms with Crippen molar-refractivity contribution in [2.24, 2.45) is 0 Å². The number of aromatic nitrogens is 2. The molecule has 0 amide bonds. The molecule has 3 aromatic carbocycles. The summed E-state index contributed by atoms with van der Waals surface area (Å²) in [6.45, 7) is 0.831. The molecule has 1 aliphatic rings. The Hall–Kier alpha value is -3.39. The average Bonchev–Trinajstić information content (AvgIpc) is 3.34. The Morgan fingerprint density at radius 2 is 1.57 bits per heavy atom. The molecule has 0 saturated heterocycles. The number of rotatable bonds is 4. The van der Waals surface area contributed by atoms with Gasteiger partial charge in [-0.05, 0) is 40.3 Å². The first-order valence-electron chi connectivity index (χ1n) is 9.77. The Kier molecular flexibility index (Phi) is 4.38. The van der Waals surface area contributed by atoms with Gasteiger partial charge in [0.25, 0.3) is 0 Å². The largest absolute Gasteiger partial charge is 0.327 e. The third-order valence-electron chi connectivity index (χ3n) is 5.57. The normalized spacial score (nSPS) is 17.0. The molecule has 28 heavy (non-hydrogen) atoms. The van der Waals surface area contributed by atoms with Crippen LogP contribution in [0, 0.1) is 0 Å². The molecular weight excluding hydrogens is 340 g/mol. The van der Waals surface area contributed by atoms with Crippen LogP contribution in [0.5, 0.6) is 0 Å². The molecule has 5 rings (SSSR count). The number of fused-ring (bicyclic) bond motifs is 1. The van der Waals surface area contributed by atoms with E-state index >= 15 is 0 Å². The molecule has 2 nitrogen and oxygen atoms in total. The summed E-state index contributed by atoms with van der Waals surface area (Å²) in [5.74, 6) is 0.388. The van der Waals surface area contributed by atoms with Gasteiger partial charge in [-0.2, -0.15) is 0 Å². The third-order valence-corrected chi connectivity index (χ3v) is 5.57. The highest BCUT2D eigenvalue weighted by molar-refractivity contribution is 5.89. The quantitative estimate of drug-likeness (QED) is 0.448. The molecule has 1 atom stereocenters. The maximum atomic E-state index is 4.43. The summed E-state index contributed by atoms with van der Waals surface area (Å²) in [7, 11) is 0. The van der Waals surface area contributed by atoms with E-state index in [1.54, 1.807) is 0 Å². The van der Waals surface area contributed by atoms with Crippen molar-refractivity contribution in [3.8, 4) is 0 Å². The number of hydrogen-bond acceptors (Lipinski definition) is 1. The van der Waals surface area contributed by atoms with E-state index < -0.39 is 0 Å². The van der Waals surface area contributed by atoms with E-state index in [1.807, 2.05) is 12.5 Å². The van der Waals surface area contributed by atoms with E-state index in [-0.39, 0.29) is 0 Å². The van der Waals surface area contributed by atoms with Crippen LogP contribution < -0.4 is 0 Å². The standard InChI is InChI=1S/C26H22N2/c1-3-9-20(10-4-1)18-28-19-27-17-23(28)16-26-24-14-8-7-13-22(24)15-25(26)21-11-5-2-6-12-21/h1-14,16-17,19,25H,15,18H2. The fourth-order valence-electron chi connectivity index (χ4n) is 4.18. The van der Waals surface area contributed by atoms with E-state index in [4.69, 9.17) is 0 Å². The van der Waals surface area contributed by atoms with Crippen LogP contribution in [0.1, 0.15) is 33.9 Å². The predicted molar refractivity (Wildman–Crippen MR) is 115 cm³/mol. The van der Waals surface area contributed by atoms with Crippen LogP contribution in [0.4, 0.5) is 0 Å². The summed E-state index contributed by atoms with van der Waals surface area (Å²) in [4.78, 5) is 4.43. The van der Waals surface area contributed by atoms with Gasteiger partial charge in [0, 0.05) is 12.5 Å². The third kappa shape index (κ3) is 3.18. The topological polar surface area (TPSA) is 17.8 Å². The van der Waals surface area contributed by atoms with Gasteiger partial charge in [0.05, 0.1) is 18.2 Å². The van der Waals surface area contributed by atoms with E-state index in [2.05, 4.69) is 101 Å². The second-order valence-electron chi connectivity index (χ2n) is 7.36. The molecule has 4 aromatic rings. The van der Waals surface area contributed by atoms with E-state index in [9.17, 15) is 0 Å². The first kappa shape index (κ1) is 16.8. The van der Waals surface area contributed by atoms with Gasteiger partial charge in [-0.15, -0.1) is 0 Å². The number of imidazole rings is 1. The molecule has 0 N–H and O–H groups in total. The molecule has 1 aromatic heterocycles. The van der Waals surface area contributed by atoms with Crippen molar-refractivity contribution in [3.05, 3.63) is 125 Å². The Balaban J connectivity index is 1.56. The first-order chi connectivity index (χ1) is 13.9. The Morgan fingerprint density at radius 3 is 2.39 bits per heavy atom. The van der Waals surface area contributed by atoms with Gasteiger partial charge < -0.3 is 4.57 Å². The van der Waals surface area contributed by atoms with Crippen LogP contribution in [0.15, 0.2) is 97.5 Å². The van der Waals surface area contributed by atoms with Crippen LogP contribution in [-0.2, 0) is 13.0 Å². The molecule has 1 unspecified atom stereocenters. The van der Waals surface area contributed by atoms with Crippen molar-refractivity contribution >= 4 is 11.6 Å². The van der Waals surface area contributed by atoms with Gasteiger partial charge in [-0.25, -0.2) is 4.98 Å². The van der Waals surface area contributed by atoms with Gasteiger partial charge in [0.2, 0.25) is 0 Å². The highest BCUT2D eigenvalue weighted by Gasteiger charge is 2.28. The molecular formula is C26H22N2. The van der Waals surface area contributed by atoms with Crippen molar-refractivity contribution in [2.45, 2.75) is 18.9 Å². The van der Waals surface area contributed by atoms with Gasteiger partial charge in [0.1, 0.15) is 0 Å². The Morgan fingerprint density at radius 1 is 0.857 bits per heavy atom. The van der Waals surface area contributed by atoms with Crippen molar-refractivity contribution < 1.29 is 0 Å². The van der Waals surface area contributed by atoms with E-state index in [0.717, 1.165) is 18.7 Å². The number of allylic oxidation sites excluding steroid dienone is 1. The van der Waals surface area contributed by atoms with Crippen molar-refractivity contribution in [1.82, 2.24) is 9.55 Å². The van der Waals surface area contributed by atoms with Crippen LogP contribution in [0.3, 0.4) is 0 Å². The summed E-state index contributed by atoms with van der Waals surface area (Å²) in [5, 5.41) is 0. The molecule has 0 bridgehead atoms. The van der Waals surface area contributed by atoms with Crippen LogP contribution in [0.25, 0.3) is 11.6 Å². The van der Waals surface area contributed by atoms with Crippen LogP contribution >= 0.6 is 0 Å². The summed E-state index contributed by atoms with van der Waals surface area (Å²) in [6, 6.07) is 30.2. The molecule has 0 spiro atoms. The average molecular weight is 362 g/mol. The van der Waals surface area contributed by atoms with Gasteiger partial charge in [0.15, 0.2) is 0 Å². The minimum absolute atomic E-state index is 0.388. The molecule has 0 saturated carbocycles. The van der Waals surface area contributed by atoms with Gasteiger partial charge in [-0.1, -0.05) is 84.9 Å². The lowest BCUT2D eigenvalue weighted by Gasteiger charge is -2.14. The summed E-state index contributed by atoms with van der Waals surface area (Å²) < 4.78 is 2.23. The molecule has 0 radical (unpaired) electrons. The lowest BCUT2D eigenvalue weighted by molar-refractivity contribution is 0.789. The molecule has 136 valence electrons. The summed E-state index contributed by atoms with van der Waals surface area (Å²) >= 11 is 0. The maximum Gasteiger partial charge on any atom is 0.0953 e. The van der Waals surface area contributed by atoms with Gasteiger partial charge >= 0.3 is 0 Å². The monoisotopic (exact) mass is 362 g/mol. The first-order valence-corrected chi connectivity index (χ1v) is 9.77. The number of benzene rings is 3. The Bertz CT molecular complexity index is 1110. The lowest BCUT2D eigenvalue weighted by atomic mass is 9.91. The summed E-state index contributed by atoms with van der Waals surface area (Å²) in [6.07, 6.45) is 7.29. The molecule has 0 fully saturated rings. The lowest BCUT2D eigenvalue weighted by Crippen LogP contribution is -2.02. The molecule has 0 aliphatic heterocycles. The zero-order chi connectivity index (χ0) is 18.8. The maximum absolute atomic E-state index is 4.43. The fraction of sp³-hybridized carbons (Fsp3) is 0.115. The Labute approximate surface area is 165 Å². The van der Waals surface area contributed by atoms with Crippen molar-refractivity contribution in [1.29, 1.82) is 0 Å². The van der Waals surface area contributed by atoms with Crippen LogP contribution in [-0.4, -0.2) is 9.55 Å². The van der Waals surface area contributed by atoms with Crippen molar-refractivity contribution in [3.63, 3.8) is 0 Å². The smallest absolute Gasteiger partial charge is 0.0953 e. The highest BCUT2D eigenvalue weighted by atomic mass is 15.0. The second-order valence-corrected chi connectivity index (χ2v) is 7.36. The molecule has 1 heterocycles. The fourth-order valence-corrected chi connectivity index (χ4v) is 4.18. The predicted octanol–water partition coefficient (Wildman–Crippen LogP) is 5.81. The van der Waals surface area contributed by atoms with Crippen LogP contribution in [0.2, 0.25) is 0 Å². The second kappa shape index (κ2) is 7.32.